The lowest BCUT2D eigenvalue weighted by molar-refractivity contribution is -0.116. The lowest BCUT2D eigenvalue weighted by Gasteiger charge is -2.03. The first kappa shape index (κ1) is 15.4. The molecule has 3 rings (SSSR count). The van der Waals surface area contributed by atoms with Gasteiger partial charge in [0, 0.05) is 23.9 Å². The van der Waals surface area contributed by atoms with Crippen LogP contribution in [-0.4, -0.2) is 17.4 Å². The molecule has 2 aromatic carbocycles. The summed E-state index contributed by atoms with van der Waals surface area (Å²) in [5.74, 6) is -0.104. The topological polar surface area (TPSA) is 68.0 Å². The van der Waals surface area contributed by atoms with Crippen molar-refractivity contribution in [3.63, 3.8) is 0 Å². The van der Waals surface area contributed by atoms with Crippen LogP contribution in [0.2, 0.25) is 0 Å². The highest BCUT2D eigenvalue weighted by atomic mass is 32.1. The van der Waals surface area contributed by atoms with E-state index in [4.69, 9.17) is 5.73 Å². The zero-order valence-corrected chi connectivity index (χ0v) is 13.3. The van der Waals surface area contributed by atoms with Gasteiger partial charge in [0.05, 0.1) is 5.69 Å². The minimum atomic E-state index is -0.104. The molecule has 0 spiro atoms. The Balaban J connectivity index is 1.75. The molecule has 0 atom stereocenters. The molecule has 0 radical (unpaired) electrons. The number of nitrogens with two attached hydrogens (primary N) is 1. The van der Waals surface area contributed by atoms with Crippen molar-refractivity contribution in [3.05, 3.63) is 60.0 Å². The summed E-state index contributed by atoms with van der Waals surface area (Å²) in [4.78, 5) is 16.0. The number of nitrogens with zero attached hydrogens (tertiary/aromatic N) is 1. The number of rotatable bonds is 5. The van der Waals surface area contributed by atoms with Crippen LogP contribution >= 0.6 is 11.3 Å². The second-order valence-electron chi connectivity index (χ2n) is 5.07. The van der Waals surface area contributed by atoms with E-state index in [1.54, 1.807) is 0 Å². The molecule has 0 fully saturated rings. The van der Waals surface area contributed by atoms with Crippen LogP contribution in [0.1, 0.15) is 6.42 Å². The minimum Gasteiger partial charge on any atom is -0.330 e. The van der Waals surface area contributed by atoms with E-state index >= 15 is 0 Å². The molecule has 1 amide bonds. The zero-order valence-electron chi connectivity index (χ0n) is 12.5. The van der Waals surface area contributed by atoms with E-state index in [0.717, 1.165) is 11.3 Å². The van der Waals surface area contributed by atoms with E-state index in [-0.39, 0.29) is 5.91 Å². The van der Waals surface area contributed by atoms with Crippen molar-refractivity contribution < 1.29 is 4.79 Å². The SMILES string of the molecule is NCCC(=O)Nc1nc(-c2ccc(-c3ccccc3)cc2)cs1. The summed E-state index contributed by atoms with van der Waals surface area (Å²) in [6.45, 7) is 0.338. The van der Waals surface area contributed by atoms with Crippen LogP contribution in [0.15, 0.2) is 60.0 Å². The molecular weight excluding hydrogens is 306 g/mol. The molecule has 0 aliphatic carbocycles. The van der Waals surface area contributed by atoms with E-state index in [9.17, 15) is 4.79 Å². The number of amides is 1. The molecule has 0 saturated heterocycles. The number of benzene rings is 2. The van der Waals surface area contributed by atoms with Crippen molar-refractivity contribution in [1.82, 2.24) is 4.98 Å². The van der Waals surface area contributed by atoms with Crippen molar-refractivity contribution in [3.8, 4) is 22.4 Å². The first-order valence-corrected chi connectivity index (χ1v) is 8.25. The van der Waals surface area contributed by atoms with Gasteiger partial charge in [0.25, 0.3) is 0 Å². The highest BCUT2D eigenvalue weighted by Gasteiger charge is 2.07. The number of anilines is 1. The van der Waals surface area contributed by atoms with Crippen LogP contribution < -0.4 is 11.1 Å². The Morgan fingerprint density at radius 1 is 1.00 bits per heavy atom. The smallest absolute Gasteiger partial charge is 0.227 e. The third kappa shape index (κ3) is 3.83. The molecule has 1 heterocycles. The average molecular weight is 323 g/mol. The van der Waals surface area contributed by atoms with Gasteiger partial charge in [-0.3, -0.25) is 4.79 Å². The summed E-state index contributed by atoms with van der Waals surface area (Å²) in [6, 6.07) is 18.5. The third-order valence-electron chi connectivity index (χ3n) is 3.41. The van der Waals surface area contributed by atoms with E-state index in [1.807, 2.05) is 35.7 Å². The fourth-order valence-corrected chi connectivity index (χ4v) is 2.98. The number of aromatic nitrogens is 1. The zero-order chi connectivity index (χ0) is 16.1. The second kappa shape index (κ2) is 7.17. The van der Waals surface area contributed by atoms with Crippen LogP contribution in [0, 0.1) is 0 Å². The van der Waals surface area contributed by atoms with Gasteiger partial charge < -0.3 is 11.1 Å². The molecule has 0 aliphatic heterocycles. The Morgan fingerprint density at radius 3 is 2.35 bits per heavy atom. The highest BCUT2D eigenvalue weighted by molar-refractivity contribution is 7.14. The maximum absolute atomic E-state index is 11.5. The van der Waals surface area contributed by atoms with Gasteiger partial charge in [-0.25, -0.2) is 4.98 Å². The summed E-state index contributed by atoms with van der Waals surface area (Å²) in [6.07, 6.45) is 0.306. The molecule has 23 heavy (non-hydrogen) atoms. The Hall–Kier alpha value is -2.50. The molecule has 116 valence electrons. The van der Waals surface area contributed by atoms with Crippen molar-refractivity contribution >= 4 is 22.4 Å². The normalized spacial score (nSPS) is 10.5. The van der Waals surface area contributed by atoms with Crippen molar-refractivity contribution in [2.24, 2.45) is 5.73 Å². The molecule has 3 aromatic rings. The summed E-state index contributed by atoms with van der Waals surface area (Å²) >= 11 is 1.42. The Bertz CT molecular complexity index is 782. The van der Waals surface area contributed by atoms with Crippen LogP contribution in [0.25, 0.3) is 22.4 Å². The fraction of sp³-hybridized carbons (Fsp3) is 0.111. The molecule has 0 saturated carbocycles. The monoisotopic (exact) mass is 323 g/mol. The molecule has 0 unspecified atom stereocenters. The second-order valence-corrected chi connectivity index (χ2v) is 5.93. The summed E-state index contributed by atoms with van der Waals surface area (Å²) in [7, 11) is 0. The number of carbonyl (C=O) groups is 1. The Morgan fingerprint density at radius 2 is 1.65 bits per heavy atom. The number of hydrogen-bond acceptors (Lipinski definition) is 4. The van der Waals surface area contributed by atoms with Gasteiger partial charge >= 0.3 is 0 Å². The molecule has 4 nitrogen and oxygen atoms in total. The summed E-state index contributed by atoms with van der Waals surface area (Å²) in [5.41, 5.74) is 9.61. The number of hydrogen-bond donors (Lipinski definition) is 2. The minimum absolute atomic E-state index is 0.104. The standard InChI is InChI=1S/C18H17N3OS/c19-11-10-17(22)21-18-20-16(12-23-18)15-8-6-14(7-9-15)13-4-2-1-3-5-13/h1-9,12H,10-11,19H2,(H,20,21,22). The van der Waals surface area contributed by atoms with Gasteiger partial charge in [0.2, 0.25) is 5.91 Å². The van der Waals surface area contributed by atoms with Crippen LogP contribution in [-0.2, 0) is 4.79 Å². The van der Waals surface area contributed by atoms with Crippen molar-refractivity contribution in [2.45, 2.75) is 6.42 Å². The quantitative estimate of drug-likeness (QED) is 0.751. The number of carbonyl (C=O) groups excluding carboxylic acids is 1. The lowest BCUT2D eigenvalue weighted by Crippen LogP contribution is -2.15. The highest BCUT2D eigenvalue weighted by Crippen LogP contribution is 2.27. The third-order valence-corrected chi connectivity index (χ3v) is 4.17. The van der Waals surface area contributed by atoms with Crippen molar-refractivity contribution in [1.29, 1.82) is 0 Å². The van der Waals surface area contributed by atoms with Gasteiger partial charge in [0.1, 0.15) is 0 Å². The average Bonchev–Trinajstić information content (AvgIpc) is 3.04. The van der Waals surface area contributed by atoms with Gasteiger partial charge in [-0.1, -0.05) is 54.6 Å². The van der Waals surface area contributed by atoms with Crippen molar-refractivity contribution in [2.75, 3.05) is 11.9 Å². The lowest BCUT2D eigenvalue weighted by atomic mass is 10.0. The van der Waals surface area contributed by atoms with Gasteiger partial charge in [-0.2, -0.15) is 0 Å². The fourth-order valence-electron chi connectivity index (χ4n) is 2.24. The molecule has 1 aromatic heterocycles. The van der Waals surface area contributed by atoms with E-state index in [0.29, 0.717) is 18.1 Å². The summed E-state index contributed by atoms with van der Waals surface area (Å²) in [5, 5.41) is 5.30. The van der Waals surface area contributed by atoms with Crippen LogP contribution in [0.5, 0.6) is 0 Å². The maximum atomic E-state index is 11.5. The first-order chi connectivity index (χ1) is 11.3. The molecule has 0 aliphatic rings. The summed E-state index contributed by atoms with van der Waals surface area (Å²) < 4.78 is 0. The first-order valence-electron chi connectivity index (χ1n) is 7.37. The predicted octanol–water partition coefficient (Wildman–Crippen LogP) is 3.76. The van der Waals surface area contributed by atoms with Gasteiger partial charge in [-0.05, 0) is 11.1 Å². The molecule has 5 heteroatoms. The Kier molecular flexibility index (Phi) is 4.80. The van der Waals surface area contributed by atoms with E-state index in [1.165, 1.54) is 22.5 Å². The number of nitrogens with one attached hydrogen (secondary N) is 1. The number of thiazole rings is 1. The van der Waals surface area contributed by atoms with Crippen LogP contribution in [0.4, 0.5) is 5.13 Å². The largest absolute Gasteiger partial charge is 0.330 e. The Labute approximate surface area is 139 Å². The molecule has 0 bridgehead atoms. The molecule has 3 N–H and O–H groups in total. The maximum Gasteiger partial charge on any atom is 0.227 e. The van der Waals surface area contributed by atoms with Gasteiger partial charge in [0.15, 0.2) is 5.13 Å². The van der Waals surface area contributed by atoms with Crippen LogP contribution in [0.3, 0.4) is 0 Å². The predicted molar refractivity (Wildman–Crippen MR) is 95.3 cm³/mol. The van der Waals surface area contributed by atoms with E-state index in [2.05, 4.69) is 34.6 Å². The van der Waals surface area contributed by atoms with Gasteiger partial charge in [-0.15, -0.1) is 11.3 Å². The molecular formula is C18H17N3OS. The van der Waals surface area contributed by atoms with E-state index < -0.39 is 0 Å².